The number of H-pyrrole nitrogens is 1. The Labute approximate surface area is 170 Å². The van der Waals surface area contributed by atoms with Gasteiger partial charge >= 0.3 is 5.97 Å². The predicted octanol–water partition coefficient (Wildman–Crippen LogP) is 1.12. The van der Waals surface area contributed by atoms with Gasteiger partial charge in [-0.05, 0) is 43.2 Å². The van der Waals surface area contributed by atoms with Crippen LogP contribution >= 0.6 is 0 Å². The number of esters is 1. The van der Waals surface area contributed by atoms with E-state index >= 15 is 0 Å². The van der Waals surface area contributed by atoms with E-state index in [1.165, 1.54) is 31.2 Å². The minimum atomic E-state index is -1.09. The fourth-order valence-electron chi connectivity index (χ4n) is 2.90. The lowest BCUT2D eigenvalue weighted by Crippen LogP contribution is -2.39. The van der Waals surface area contributed by atoms with E-state index in [0.29, 0.717) is 6.42 Å². The minimum absolute atomic E-state index is 0.181. The largest absolute Gasteiger partial charge is 0.451 e. The molecule has 1 amide bonds. The number of ether oxygens (including phenoxy) is 1. The number of benzene rings is 2. The summed E-state index contributed by atoms with van der Waals surface area (Å²) in [6.45, 7) is 1.15. The van der Waals surface area contributed by atoms with Gasteiger partial charge in [-0.3, -0.25) is 24.3 Å². The topological polar surface area (TPSA) is 110 Å². The van der Waals surface area contributed by atoms with Crippen LogP contribution in [0, 0.1) is 5.82 Å². The van der Waals surface area contributed by atoms with Gasteiger partial charge in [0.1, 0.15) is 12.4 Å². The van der Waals surface area contributed by atoms with Crippen molar-refractivity contribution in [1.82, 2.24) is 15.1 Å². The van der Waals surface area contributed by atoms with Crippen LogP contribution in [0.3, 0.4) is 0 Å². The van der Waals surface area contributed by atoms with Crippen LogP contribution in [0.2, 0.25) is 0 Å². The number of carbonyl (C=O) groups is 2. The molecule has 1 heterocycles. The molecule has 0 bridgehead atoms. The van der Waals surface area contributed by atoms with Gasteiger partial charge in [-0.15, -0.1) is 0 Å². The number of hydrogen-bond acceptors (Lipinski definition) is 5. The summed E-state index contributed by atoms with van der Waals surface area (Å²) in [6, 6.07) is 12.2. The maximum absolute atomic E-state index is 12.9. The van der Waals surface area contributed by atoms with Gasteiger partial charge < -0.3 is 10.1 Å². The Morgan fingerprint density at radius 3 is 2.47 bits per heavy atom. The first kappa shape index (κ1) is 21.0. The SMILES string of the molecule is CC(OC(=O)Cn1[nH]c(=O)c2ccccc2c1=O)C(=O)NCCc1ccc(F)cc1. The Bertz CT molecular complexity index is 1180. The molecule has 3 aromatic rings. The summed E-state index contributed by atoms with van der Waals surface area (Å²) in [5.74, 6) is -1.69. The maximum Gasteiger partial charge on any atom is 0.328 e. The van der Waals surface area contributed by atoms with E-state index in [1.54, 1.807) is 24.3 Å². The van der Waals surface area contributed by atoms with Crippen molar-refractivity contribution < 1.29 is 18.7 Å². The number of nitrogens with one attached hydrogen (secondary N) is 2. The molecule has 0 saturated heterocycles. The van der Waals surface area contributed by atoms with E-state index in [9.17, 15) is 23.6 Å². The van der Waals surface area contributed by atoms with Crippen LogP contribution in [0.4, 0.5) is 4.39 Å². The number of halogens is 1. The van der Waals surface area contributed by atoms with Crippen molar-refractivity contribution in [3.63, 3.8) is 0 Å². The van der Waals surface area contributed by atoms with E-state index in [0.717, 1.165) is 10.2 Å². The first-order chi connectivity index (χ1) is 14.3. The van der Waals surface area contributed by atoms with Gasteiger partial charge in [0.25, 0.3) is 17.0 Å². The van der Waals surface area contributed by atoms with Crippen LogP contribution in [0.25, 0.3) is 10.8 Å². The van der Waals surface area contributed by atoms with Crippen LogP contribution in [-0.2, 0) is 27.3 Å². The van der Waals surface area contributed by atoms with E-state index in [1.807, 2.05) is 0 Å². The average molecular weight is 413 g/mol. The normalized spacial score (nSPS) is 11.8. The minimum Gasteiger partial charge on any atom is -0.451 e. The third-order valence-electron chi connectivity index (χ3n) is 4.47. The van der Waals surface area contributed by atoms with Crippen molar-refractivity contribution in [2.45, 2.75) is 26.0 Å². The van der Waals surface area contributed by atoms with Crippen LogP contribution in [0.1, 0.15) is 12.5 Å². The van der Waals surface area contributed by atoms with Gasteiger partial charge in [-0.2, -0.15) is 0 Å². The first-order valence-corrected chi connectivity index (χ1v) is 9.28. The van der Waals surface area contributed by atoms with E-state index in [2.05, 4.69) is 10.4 Å². The highest BCUT2D eigenvalue weighted by atomic mass is 19.1. The number of aromatic amines is 1. The Hall–Kier alpha value is -3.75. The number of rotatable bonds is 7. The Morgan fingerprint density at radius 1 is 1.10 bits per heavy atom. The maximum atomic E-state index is 12.9. The number of nitrogens with zero attached hydrogens (tertiary/aromatic N) is 1. The lowest BCUT2D eigenvalue weighted by atomic mass is 10.1. The third-order valence-corrected chi connectivity index (χ3v) is 4.47. The van der Waals surface area contributed by atoms with Gasteiger partial charge in [-0.1, -0.05) is 24.3 Å². The Kier molecular flexibility index (Phi) is 6.41. The molecule has 0 aliphatic heterocycles. The van der Waals surface area contributed by atoms with Crippen LogP contribution in [0.5, 0.6) is 0 Å². The average Bonchev–Trinajstić information content (AvgIpc) is 2.73. The Balaban J connectivity index is 1.55. The van der Waals surface area contributed by atoms with E-state index in [4.69, 9.17) is 4.74 Å². The fraction of sp³-hybridized carbons (Fsp3) is 0.238. The van der Waals surface area contributed by atoms with Crippen LogP contribution in [0.15, 0.2) is 58.1 Å². The molecule has 2 N–H and O–H groups in total. The monoisotopic (exact) mass is 413 g/mol. The summed E-state index contributed by atoms with van der Waals surface area (Å²) in [5.41, 5.74) is -0.205. The highest BCUT2D eigenvalue weighted by Crippen LogP contribution is 2.04. The van der Waals surface area contributed by atoms with Crippen molar-refractivity contribution in [2.24, 2.45) is 0 Å². The van der Waals surface area contributed by atoms with E-state index in [-0.39, 0.29) is 23.1 Å². The van der Waals surface area contributed by atoms with Gasteiger partial charge in [0, 0.05) is 6.54 Å². The van der Waals surface area contributed by atoms with Crippen LogP contribution in [-0.4, -0.2) is 34.3 Å². The van der Waals surface area contributed by atoms with Gasteiger partial charge in [0.15, 0.2) is 6.10 Å². The molecule has 0 saturated carbocycles. The standard InChI is InChI=1S/C21H20FN3O5/c1-13(19(27)23-11-10-14-6-8-15(22)9-7-14)30-18(26)12-25-21(29)17-5-3-2-4-16(17)20(28)24-25/h2-9,13H,10-12H2,1H3,(H,23,27)(H,24,28). The van der Waals surface area contributed by atoms with Crippen molar-refractivity contribution in [1.29, 1.82) is 0 Å². The molecule has 0 radical (unpaired) electrons. The molecular formula is C21H20FN3O5. The number of fused-ring (bicyclic) bond motifs is 1. The molecule has 0 fully saturated rings. The lowest BCUT2D eigenvalue weighted by molar-refractivity contribution is -0.155. The van der Waals surface area contributed by atoms with Crippen molar-refractivity contribution >= 4 is 22.6 Å². The second kappa shape index (κ2) is 9.17. The second-order valence-corrected chi connectivity index (χ2v) is 6.68. The summed E-state index contributed by atoms with van der Waals surface area (Å²) in [7, 11) is 0. The number of carbonyl (C=O) groups excluding carboxylic acids is 2. The molecule has 8 nitrogen and oxygen atoms in total. The molecule has 156 valence electrons. The molecule has 0 spiro atoms. The molecule has 0 aliphatic rings. The third kappa shape index (κ3) is 4.99. The zero-order chi connectivity index (χ0) is 21.7. The zero-order valence-electron chi connectivity index (χ0n) is 16.2. The molecule has 3 rings (SSSR count). The summed E-state index contributed by atoms with van der Waals surface area (Å²) in [5, 5.41) is 5.36. The Morgan fingerprint density at radius 2 is 1.77 bits per heavy atom. The summed E-state index contributed by atoms with van der Waals surface area (Å²) in [4.78, 5) is 48.7. The summed E-state index contributed by atoms with van der Waals surface area (Å²) < 4.78 is 18.8. The number of aromatic nitrogens is 2. The predicted molar refractivity (Wildman–Crippen MR) is 107 cm³/mol. The molecule has 1 unspecified atom stereocenters. The van der Waals surface area contributed by atoms with Crippen LogP contribution < -0.4 is 16.4 Å². The summed E-state index contributed by atoms with van der Waals surface area (Å²) >= 11 is 0. The molecule has 1 atom stereocenters. The molecule has 9 heteroatoms. The fourth-order valence-corrected chi connectivity index (χ4v) is 2.90. The van der Waals surface area contributed by atoms with Crippen molar-refractivity contribution in [3.05, 3.63) is 80.6 Å². The highest BCUT2D eigenvalue weighted by molar-refractivity contribution is 5.83. The molecule has 30 heavy (non-hydrogen) atoms. The number of hydrogen-bond donors (Lipinski definition) is 2. The molecule has 0 aliphatic carbocycles. The molecular weight excluding hydrogens is 393 g/mol. The van der Waals surface area contributed by atoms with Gasteiger partial charge in [0.05, 0.1) is 10.8 Å². The van der Waals surface area contributed by atoms with Crippen molar-refractivity contribution in [2.75, 3.05) is 6.54 Å². The molecule has 2 aromatic carbocycles. The van der Waals surface area contributed by atoms with Gasteiger partial charge in [-0.25, -0.2) is 9.07 Å². The second-order valence-electron chi connectivity index (χ2n) is 6.68. The summed E-state index contributed by atoms with van der Waals surface area (Å²) in [6.07, 6.45) is -0.603. The first-order valence-electron chi connectivity index (χ1n) is 9.28. The smallest absolute Gasteiger partial charge is 0.328 e. The lowest BCUT2D eigenvalue weighted by Gasteiger charge is -2.14. The van der Waals surface area contributed by atoms with Crippen molar-refractivity contribution in [3.8, 4) is 0 Å². The quantitative estimate of drug-likeness (QED) is 0.564. The zero-order valence-corrected chi connectivity index (χ0v) is 16.2. The molecule has 1 aromatic heterocycles. The highest BCUT2D eigenvalue weighted by Gasteiger charge is 2.19. The number of amides is 1. The van der Waals surface area contributed by atoms with Gasteiger partial charge in [0.2, 0.25) is 0 Å². The van der Waals surface area contributed by atoms with E-state index < -0.39 is 35.6 Å².